The van der Waals surface area contributed by atoms with Crippen LogP contribution < -0.4 is 10.5 Å². The van der Waals surface area contributed by atoms with E-state index in [1.807, 2.05) is 0 Å². The van der Waals surface area contributed by atoms with Crippen LogP contribution in [0.25, 0.3) is 0 Å². The molecule has 2 aromatic heterocycles. The lowest BCUT2D eigenvalue weighted by Crippen LogP contribution is -2.08. The molecule has 0 aliphatic heterocycles. The molecule has 0 amide bonds. The van der Waals surface area contributed by atoms with Gasteiger partial charge in [-0.05, 0) is 6.07 Å². The number of ether oxygens (including phenoxy) is 1. The molecule has 0 aliphatic carbocycles. The third-order valence-corrected chi connectivity index (χ3v) is 4.19. The zero-order valence-electron chi connectivity index (χ0n) is 10.3. The number of anilines is 1. The third kappa shape index (κ3) is 3.00. The maximum atomic E-state index is 11.8. The maximum Gasteiger partial charge on any atom is 0.219 e. The highest BCUT2D eigenvalue weighted by molar-refractivity contribution is 7.91. The molecular weight excluding hydrogens is 266 g/mol. The highest BCUT2D eigenvalue weighted by Crippen LogP contribution is 2.25. The zero-order chi connectivity index (χ0) is 13.9. The lowest BCUT2D eigenvalue weighted by Gasteiger charge is -2.08. The van der Waals surface area contributed by atoms with Crippen LogP contribution in [-0.4, -0.2) is 24.1 Å². The molecule has 7 heteroatoms. The average Bonchev–Trinajstić information content (AvgIpc) is 2.42. The minimum Gasteiger partial charge on any atom is -0.437 e. The molecule has 0 fully saturated rings. The molecule has 2 rings (SSSR count). The summed E-state index contributed by atoms with van der Waals surface area (Å²) >= 11 is 0. The van der Waals surface area contributed by atoms with Crippen molar-refractivity contribution in [3.63, 3.8) is 0 Å². The Labute approximate surface area is 111 Å². The van der Waals surface area contributed by atoms with Gasteiger partial charge in [-0.15, -0.1) is 0 Å². The van der Waals surface area contributed by atoms with Gasteiger partial charge in [0.2, 0.25) is 5.88 Å². The van der Waals surface area contributed by atoms with Gasteiger partial charge in [0.05, 0.1) is 11.9 Å². The summed E-state index contributed by atoms with van der Waals surface area (Å²) in [6.07, 6.45) is 2.93. The van der Waals surface area contributed by atoms with Gasteiger partial charge >= 0.3 is 0 Å². The van der Waals surface area contributed by atoms with Gasteiger partial charge < -0.3 is 10.5 Å². The molecular formula is C12H13N3O3S. The van der Waals surface area contributed by atoms with Crippen LogP contribution in [0.3, 0.4) is 0 Å². The smallest absolute Gasteiger partial charge is 0.219 e. The molecule has 0 saturated carbocycles. The number of hydrogen-bond acceptors (Lipinski definition) is 6. The zero-order valence-corrected chi connectivity index (χ0v) is 11.1. The van der Waals surface area contributed by atoms with Crippen molar-refractivity contribution >= 4 is 15.7 Å². The Morgan fingerprint density at radius 1 is 1.32 bits per heavy atom. The van der Waals surface area contributed by atoms with Crippen LogP contribution in [0.1, 0.15) is 6.92 Å². The van der Waals surface area contributed by atoms with E-state index in [9.17, 15) is 8.42 Å². The lowest BCUT2D eigenvalue weighted by atomic mass is 10.4. The Morgan fingerprint density at radius 2 is 2.11 bits per heavy atom. The van der Waals surface area contributed by atoms with Gasteiger partial charge in [0, 0.05) is 18.3 Å². The SMILES string of the molecule is CCS(=O)(=O)c1cc(Oc2ccccn2)cnc1N. The molecule has 0 aliphatic rings. The highest BCUT2D eigenvalue weighted by Gasteiger charge is 2.17. The second-order valence-corrected chi connectivity index (χ2v) is 5.97. The summed E-state index contributed by atoms with van der Waals surface area (Å²) in [7, 11) is -3.43. The van der Waals surface area contributed by atoms with Crippen molar-refractivity contribution in [2.45, 2.75) is 11.8 Å². The number of nitrogen functional groups attached to an aromatic ring is 1. The molecule has 0 unspecified atom stereocenters. The summed E-state index contributed by atoms with van der Waals surface area (Å²) in [5, 5.41) is 0. The second kappa shape index (κ2) is 5.23. The quantitative estimate of drug-likeness (QED) is 0.914. The van der Waals surface area contributed by atoms with Crippen LogP contribution >= 0.6 is 0 Å². The standard InChI is InChI=1S/C12H13N3O3S/c1-2-19(16,17)10-7-9(8-15-12(10)13)18-11-5-3-4-6-14-11/h3-8H,2H2,1H3,(H2,13,15). The van der Waals surface area contributed by atoms with Gasteiger partial charge in [-0.1, -0.05) is 13.0 Å². The number of aromatic nitrogens is 2. The van der Waals surface area contributed by atoms with Gasteiger partial charge in [-0.25, -0.2) is 18.4 Å². The third-order valence-electron chi connectivity index (χ3n) is 2.43. The molecule has 0 aromatic carbocycles. The summed E-state index contributed by atoms with van der Waals surface area (Å²) in [6.45, 7) is 1.54. The van der Waals surface area contributed by atoms with Crippen LogP contribution in [0.15, 0.2) is 41.6 Å². The Morgan fingerprint density at radius 3 is 2.74 bits per heavy atom. The molecule has 0 spiro atoms. The summed E-state index contributed by atoms with van der Waals surface area (Å²) in [4.78, 5) is 7.79. The molecule has 0 bridgehead atoms. The number of sulfone groups is 1. The van der Waals surface area contributed by atoms with E-state index >= 15 is 0 Å². The van der Waals surface area contributed by atoms with E-state index in [2.05, 4.69) is 9.97 Å². The Bertz CT molecular complexity index is 672. The van der Waals surface area contributed by atoms with Crippen molar-refractivity contribution < 1.29 is 13.2 Å². The molecule has 0 saturated heterocycles. The molecule has 2 N–H and O–H groups in total. The van der Waals surface area contributed by atoms with Crippen LogP contribution in [-0.2, 0) is 9.84 Å². The number of pyridine rings is 2. The van der Waals surface area contributed by atoms with Crippen LogP contribution in [0.2, 0.25) is 0 Å². The normalized spacial score (nSPS) is 11.2. The minimum absolute atomic E-state index is 0.0246. The molecule has 2 heterocycles. The van der Waals surface area contributed by atoms with Crippen molar-refractivity contribution in [2.75, 3.05) is 11.5 Å². The number of rotatable bonds is 4. The first-order chi connectivity index (χ1) is 9.03. The maximum absolute atomic E-state index is 11.8. The first-order valence-electron chi connectivity index (χ1n) is 5.60. The van der Waals surface area contributed by atoms with Crippen molar-refractivity contribution in [1.82, 2.24) is 9.97 Å². The number of nitrogens with zero attached hydrogens (tertiary/aromatic N) is 2. The number of hydrogen-bond donors (Lipinski definition) is 1. The second-order valence-electron chi connectivity index (χ2n) is 3.73. The van der Waals surface area contributed by atoms with Crippen LogP contribution in [0.5, 0.6) is 11.6 Å². The van der Waals surface area contributed by atoms with Crippen molar-refractivity contribution in [3.05, 3.63) is 36.7 Å². The first kappa shape index (κ1) is 13.3. The first-order valence-corrected chi connectivity index (χ1v) is 7.25. The van der Waals surface area contributed by atoms with Crippen molar-refractivity contribution in [1.29, 1.82) is 0 Å². The van der Waals surface area contributed by atoms with Gasteiger partial charge in [-0.2, -0.15) is 0 Å². The summed E-state index contributed by atoms with van der Waals surface area (Å²) < 4.78 is 29.1. The predicted molar refractivity (Wildman–Crippen MR) is 70.7 cm³/mol. The monoisotopic (exact) mass is 279 g/mol. The summed E-state index contributed by atoms with van der Waals surface area (Å²) in [5.41, 5.74) is 5.58. The summed E-state index contributed by atoms with van der Waals surface area (Å²) in [6, 6.07) is 6.53. The molecule has 0 radical (unpaired) electrons. The minimum atomic E-state index is -3.43. The highest BCUT2D eigenvalue weighted by atomic mass is 32.2. The van der Waals surface area contributed by atoms with Crippen LogP contribution in [0.4, 0.5) is 5.82 Å². The molecule has 6 nitrogen and oxygen atoms in total. The molecule has 2 aromatic rings. The predicted octanol–water partition coefficient (Wildman–Crippen LogP) is 1.64. The largest absolute Gasteiger partial charge is 0.437 e. The van der Waals surface area contributed by atoms with Crippen molar-refractivity contribution in [3.8, 4) is 11.6 Å². The fourth-order valence-electron chi connectivity index (χ4n) is 1.43. The van der Waals surface area contributed by atoms with Gasteiger partial charge in [-0.3, -0.25) is 0 Å². The Balaban J connectivity index is 2.37. The van der Waals surface area contributed by atoms with E-state index in [1.54, 1.807) is 31.3 Å². The molecule has 19 heavy (non-hydrogen) atoms. The molecule has 100 valence electrons. The van der Waals surface area contributed by atoms with E-state index in [0.29, 0.717) is 5.88 Å². The van der Waals surface area contributed by atoms with Gasteiger partial charge in [0.15, 0.2) is 9.84 Å². The van der Waals surface area contributed by atoms with Crippen molar-refractivity contribution in [2.24, 2.45) is 0 Å². The van der Waals surface area contributed by atoms with E-state index in [0.717, 1.165) is 0 Å². The average molecular weight is 279 g/mol. The summed E-state index contributed by atoms with van der Waals surface area (Å²) in [5.74, 6) is 0.551. The van der Waals surface area contributed by atoms with Crippen LogP contribution in [0, 0.1) is 0 Å². The molecule has 0 atom stereocenters. The van der Waals surface area contributed by atoms with E-state index in [1.165, 1.54) is 12.3 Å². The van der Waals surface area contributed by atoms with Gasteiger partial charge in [0.25, 0.3) is 0 Å². The Kier molecular flexibility index (Phi) is 3.66. The van der Waals surface area contributed by atoms with E-state index in [-0.39, 0.29) is 22.2 Å². The topological polar surface area (TPSA) is 95.2 Å². The van der Waals surface area contributed by atoms with E-state index < -0.39 is 9.84 Å². The number of nitrogens with two attached hydrogens (primary N) is 1. The fourth-order valence-corrected chi connectivity index (χ4v) is 2.40. The van der Waals surface area contributed by atoms with Gasteiger partial charge in [0.1, 0.15) is 16.5 Å². The van der Waals surface area contributed by atoms with E-state index in [4.69, 9.17) is 10.5 Å². The lowest BCUT2D eigenvalue weighted by molar-refractivity contribution is 0.459. The fraction of sp³-hybridized carbons (Fsp3) is 0.167. The Hall–Kier alpha value is -2.15.